The Labute approximate surface area is 187 Å². The van der Waals surface area contributed by atoms with E-state index >= 15 is 0 Å². The van der Waals surface area contributed by atoms with Crippen LogP contribution in [0.3, 0.4) is 0 Å². The zero-order chi connectivity index (χ0) is 24.3. The summed E-state index contributed by atoms with van der Waals surface area (Å²) in [6, 6.07) is -3.92. The smallest absolute Gasteiger partial charge is 0.326 e. The number of hydrogen-bond donors (Lipinski definition) is 7. The Bertz CT molecular complexity index is 679. The van der Waals surface area contributed by atoms with Crippen LogP contribution in [0.1, 0.15) is 52.4 Å². The predicted octanol–water partition coefficient (Wildman–Crippen LogP) is -2.06. The zero-order valence-corrected chi connectivity index (χ0v) is 18.7. The fourth-order valence-corrected chi connectivity index (χ4v) is 3.39. The lowest BCUT2D eigenvalue weighted by Gasteiger charge is -2.25. The summed E-state index contributed by atoms with van der Waals surface area (Å²) >= 11 is 0. The van der Waals surface area contributed by atoms with Crippen LogP contribution in [-0.2, 0) is 24.0 Å². The van der Waals surface area contributed by atoms with Crippen molar-refractivity contribution < 1.29 is 29.1 Å². The van der Waals surface area contributed by atoms with Crippen LogP contribution in [0.25, 0.3) is 0 Å². The quantitative estimate of drug-likeness (QED) is 0.144. The van der Waals surface area contributed by atoms with Crippen molar-refractivity contribution in [2.45, 2.75) is 76.5 Å². The van der Waals surface area contributed by atoms with Crippen molar-refractivity contribution in [2.24, 2.45) is 17.4 Å². The van der Waals surface area contributed by atoms with Gasteiger partial charge in [0.1, 0.15) is 18.1 Å². The fourth-order valence-electron chi connectivity index (χ4n) is 3.39. The van der Waals surface area contributed by atoms with E-state index in [0.29, 0.717) is 32.4 Å². The highest BCUT2D eigenvalue weighted by molar-refractivity contribution is 5.96. The molecule has 1 aliphatic heterocycles. The Balaban J connectivity index is 2.92. The van der Waals surface area contributed by atoms with Gasteiger partial charge in [-0.25, -0.2) is 4.79 Å². The van der Waals surface area contributed by atoms with Crippen molar-refractivity contribution in [3.8, 4) is 0 Å². The molecule has 0 aromatic heterocycles. The maximum absolute atomic E-state index is 12.9. The molecule has 32 heavy (non-hydrogen) atoms. The molecule has 12 heteroatoms. The van der Waals surface area contributed by atoms with Crippen LogP contribution in [0.4, 0.5) is 0 Å². The van der Waals surface area contributed by atoms with Gasteiger partial charge in [0.25, 0.3) is 0 Å². The lowest BCUT2D eigenvalue weighted by Crippen LogP contribution is -2.58. The van der Waals surface area contributed by atoms with Crippen molar-refractivity contribution in [1.29, 1.82) is 0 Å². The maximum Gasteiger partial charge on any atom is 0.326 e. The second-order valence-electron chi connectivity index (χ2n) is 8.29. The second-order valence-corrected chi connectivity index (χ2v) is 8.29. The Hall–Kier alpha value is -2.73. The van der Waals surface area contributed by atoms with Crippen LogP contribution in [-0.4, -0.2) is 72.0 Å². The van der Waals surface area contributed by atoms with Gasteiger partial charge in [0, 0.05) is 0 Å². The van der Waals surface area contributed by atoms with Crippen molar-refractivity contribution in [3.05, 3.63) is 0 Å². The molecule has 1 heterocycles. The largest absolute Gasteiger partial charge is 0.480 e. The molecule has 1 rings (SSSR count). The number of amides is 4. The average Bonchev–Trinajstić information content (AvgIpc) is 3.24. The van der Waals surface area contributed by atoms with E-state index in [4.69, 9.17) is 11.5 Å². The van der Waals surface area contributed by atoms with E-state index in [1.54, 1.807) is 13.8 Å². The normalized spacial score (nSPS) is 18.4. The van der Waals surface area contributed by atoms with E-state index in [9.17, 15) is 29.1 Å². The van der Waals surface area contributed by atoms with Crippen LogP contribution < -0.4 is 32.7 Å². The third kappa shape index (κ3) is 9.18. The minimum Gasteiger partial charge on any atom is -0.480 e. The number of hydrogen-bond acceptors (Lipinski definition) is 7. The number of aliphatic carboxylic acids is 1. The third-order valence-corrected chi connectivity index (χ3v) is 5.23. The molecule has 1 fully saturated rings. The summed E-state index contributed by atoms with van der Waals surface area (Å²) in [5.41, 5.74) is 10.7. The van der Waals surface area contributed by atoms with Gasteiger partial charge in [0.2, 0.25) is 23.6 Å². The Kier molecular flexibility index (Phi) is 11.6. The maximum atomic E-state index is 12.9. The first-order valence-corrected chi connectivity index (χ1v) is 10.9. The molecule has 4 amide bonds. The van der Waals surface area contributed by atoms with Gasteiger partial charge in [-0.1, -0.05) is 13.8 Å². The van der Waals surface area contributed by atoms with Crippen LogP contribution in [0, 0.1) is 5.92 Å². The van der Waals surface area contributed by atoms with Crippen LogP contribution >= 0.6 is 0 Å². The number of nitrogens with two attached hydrogens (primary N) is 2. The highest BCUT2D eigenvalue weighted by Gasteiger charge is 2.32. The summed E-state index contributed by atoms with van der Waals surface area (Å²) in [6.07, 6.45) is 2.29. The van der Waals surface area contributed by atoms with E-state index < -0.39 is 60.2 Å². The third-order valence-electron chi connectivity index (χ3n) is 5.23. The Morgan fingerprint density at radius 3 is 2.19 bits per heavy atom. The summed E-state index contributed by atoms with van der Waals surface area (Å²) < 4.78 is 0. The minimum atomic E-state index is -1.26. The summed E-state index contributed by atoms with van der Waals surface area (Å²) in [6.45, 7) is 4.36. The van der Waals surface area contributed by atoms with Gasteiger partial charge < -0.3 is 37.8 Å². The lowest BCUT2D eigenvalue weighted by molar-refractivity contribution is -0.143. The van der Waals surface area contributed by atoms with Crippen molar-refractivity contribution in [3.63, 3.8) is 0 Å². The molecule has 182 valence electrons. The first kappa shape index (κ1) is 27.3. The molecule has 9 N–H and O–H groups in total. The van der Waals surface area contributed by atoms with E-state index in [-0.39, 0.29) is 12.3 Å². The van der Waals surface area contributed by atoms with Gasteiger partial charge in [-0.3, -0.25) is 19.2 Å². The van der Waals surface area contributed by atoms with Gasteiger partial charge in [-0.15, -0.1) is 0 Å². The first-order valence-electron chi connectivity index (χ1n) is 10.9. The standard InChI is InChI=1S/C20H36N6O6/c1-11(2)16(20(31)32)26-18(29)13(6-3-4-8-21)24-19(30)14(10-15(22)27)25-17(28)12-7-5-9-23-12/h11-14,16,23H,3-10,21H2,1-2H3,(H2,22,27)(H,24,30)(H,25,28)(H,26,29)(H,31,32). The number of carbonyl (C=O) groups excluding carboxylic acids is 4. The average molecular weight is 457 g/mol. The molecule has 4 unspecified atom stereocenters. The molecule has 0 radical (unpaired) electrons. The zero-order valence-electron chi connectivity index (χ0n) is 18.7. The van der Waals surface area contributed by atoms with Gasteiger partial charge >= 0.3 is 5.97 Å². The topological polar surface area (TPSA) is 206 Å². The van der Waals surface area contributed by atoms with Gasteiger partial charge in [-0.05, 0) is 51.1 Å². The Morgan fingerprint density at radius 2 is 1.69 bits per heavy atom. The number of primary amides is 1. The van der Waals surface area contributed by atoms with E-state index in [1.807, 2.05) is 0 Å². The minimum absolute atomic E-state index is 0.209. The molecule has 0 spiro atoms. The summed E-state index contributed by atoms with van der Waals surface area (Å²) in [5, 5.41) is 19.8. The Morgan fingerprint density at radius 1 is 1.03 bits per heavy atom. The number of carboxylic acid groups (broad SMARTS) is 1. The summed E-state index contributed by atoms with van der Waals surface area (Å²) in [7, 11) is 0. The van der Waals surface area contributed by atoms with Gasteiger partial charge in [0.05, 0.1) is 12.5 Å². The van der Waals surface area contributed by atoms with Crippen LogP contribution in [0.15, 0.2) is 0 Å². The highest BCUT2D eigenvalue weighted by atomic mass is 16.4. The number of unbranched alkanes of at least 4 members (excludes halogenated alkanes) is 1. The predicted molar refractivity (Wildman–Crippen MR) is 116 cm³/mol. The first-order chi connectivity index (χ1) is 15.1. The van der Waals surface area contributed by atoms with E-state index in [2.05, 4.69) is 21.3 Å². The molecule has 0 aromatic carbocycles. The second kappa shape index (κ2) is 13.6. The van der Waals surface area contributed by atoms with Crippen LogP contribution in [0.5, 0.6) is 0 Å². The molecular weight excluding hydrogens is 420 g/mol. The molecular formula is C20H36N6O6. The molecule has 12 nitrogen and oxygen atoms in total. The highest BCUT2D eigenvalue weighted by Crippen LogP contribution is 2.08. The van der Waals surface area contributed by atoms with Gasteiger partial charge in [0.15, 0.2) is 0 Å². The molecule has 0 saturated carbocycles. The number of carbonyl (C=O) groups is 5. The molecule has 1 saturated heterocycles. The lowest BCUT2D eigenvalue weighted by atomic mass is 10.0. The molecule has 0 bridgehead atoms. The van der Waals surface area contributed by atoms with E-state index in [1.165, 1.54) is 0 Å². The molecule has 4 atom stereocenters. The molecule has 1 aliphatic rings. The van der Waals surface area contributed by atoms with Crippen molar-refractivity contribution in [2.75, 3.05) is 13.1 Å². The molecule has 0 aliphatic carbocycles. The number of carboxylic acids is 1. The SMILES string of the molecule is CC(C)C(NC(=O)C(CCCCN)NC(=O)C(CC(N)=O)NC(=O)C1CCCN1)C(=O)O. The van der Waals surface area contributed by atoms with Crippen molar-refractivity contribution >= 4 is 29.6 Å². The van der Waals surface area contributed by atoms with E-state index in [0.717, 1.165) is 6.42 Å². The van der Waals surface area contributed by atoms with Gasteiger partial charge in [-0.2, -0.15) is 0 Å². The summed E-state index contributed by atoms with van der Waals surface area (Å²) in [4.78, 5) is 60.9. The van der Waals surface area contributed by atoms with Crippen molar-refractivity contribution in [1.82, 2.24) is 21.3 Å². The fraction of sp³-hybridized carbons (Fsp3) is 0.750. The van der Waals surface area contributed by atoms with Crippen LogP contribution in [0.2, 0.25) is 0 Å². The monoisotopic (exact) mass is 456 g/mol. The number of nitrogens with one attached hydrogen (secondary N) is 4. The number of rotatable bonds is 14. The molecule has 0 aromatic rings. The summed E-state index contributed by atoms with van der Waals surface area (Å²) in [5.74, 6) is -4.21.